The number of carbonyl (C=O) groups is 1. The first-order valence-electron chi connectivity index (χ1n) is 7.19. The van der Waals surface area contributed by atoms with Gasteiger partial charge in [0.2, 0.25) is 0 Å². The van der Waals surface area contributed by atoms with Crippen LogP contribution in [0.4, 0.5) is 4.79 Å². The van der Waals surface area contributed by atoms with E-state index < -0.39 is 0 Å². The number of rotatable bonds is 6. The molecule has 0 heterocycles. The van der Waals surface area contributed by atoms with Crippen molar-refractivity contribution in [1.82, 2.24) is 4.90 Å². The highest BCUT2D eigenvalue weighted by Crippen LogP contribution is 2.22. The fraction of sp³-hybridized carbons (Fsp3) is 0.562. The van der Waals surface area contributed by atoms with E-state index in [0.717, 1.165) is 23.4 Å². The molecular weight excluding hydrogens is 290 g/mol. The minimum Gasteiger partial charge on any atom is -0.328 e. The molecule has 112 valence electrons. The third-order valence-corrected chi connectivity index (χ3v) is 4.81. The van der Waals surface area contributed by atoms with E-state index in [1.54, 1.807) is 0 Å². The van der Waals surface area contributed by atoms with Crippen molar-refractivity contribution in [3.05, 3.63) is 34.9 Å². The fourth-order valence-corrected chi connectivity index (χ4v) is 3.11. The SMILES string of the molecule is CCC(C)N(C(=O)SCc1ccc(Cl)cc1)C(C)CC. The van der Waals surface area contributed by atoms with Crippen LogP contribution in [0.3, 0.4) is 0 Å². The van der Waals surface area contributed by atoms with Crippen LogP contribution >= 0.6 is 23.4 Å². The molecule has 2 atom stereocenters. The summed E-state index contributed by atoms with van der Waals surface area (Å²) in [5.74, 6) is 0.694. The Kier molecular flexibility index (Phi) is 7.46. The van der Waals surface area contributed by atoms with Gasteiger partial charge in [0, 0.05) is 22.9 Å². The molecule has 1 aromatic carbocycles. The van der Waals surface area contributed by atoms with Crippen molar-refractivity contribution in [2.75, 3.05) is 0 Å². The maximum atomic E-state index is 12.4. The molecule has 1 rings (SSSR count). The van der Waals surface area contributed by atoms with Crippen molar-refractivity contribution in [2.24, 2.45) is 0 Å². The van der Waals surface area contributed by atoms with Gasteiger partial charge in [0.05, 0.1) is 0 Å². The number of nitrogens with zero attached hydrogens (tertiary/aromatic N) is 1. The first-order chi connectivity index (χ1) is 9.49. The predicted molar refractivity (Wildman–Crippen MR) is 89.5 cm³/mol. The Hall–Kier alpha value is -0.670. The Balaban J connectivity index is 2.64. The van der Waals surface area contributed by atoms with Gasteiger partial charge in [-0.3, -0.25) is 4.79 Å². The highest BCUT2D eigenvalue weighted by Gasteiger charge is 2.23. The van der Waals surface area contributed by atoms with Crippen LogP contribution in [0.1, 0.15) is 46.1 Å². The summed E-state index contributed by atoms with van der Waals surface area (Å²) >= 11 is 7.24. The van der Waals surface area contributed by atoms with Crippen LogP contribution in [0.15, 0.2) is 24.3 Å². The number of hydrogen-bond acceptors (Lipinski definition) is 2. The van der Waals surface area contributed by atoms with Gasteiger partial charge in [-0.1, -0.05) is 49.3 Å². The quantitative estimate of drug-likeness (QED) is 0.682. The predicted octanol–water partition coefficient (Wildman–Crippen LogP) is 5.59. The number of halogens is 1. The summed E-state index contributed by atoms with van der Waals surface area (Å²) in [6.07, 6.45) is 1.97. The zero-order valence-electron chi connectivity index (χ0n) is 12.7. The van der Waals surface area contributed by atoms with Crippen LogP contribution in [-0.4, -0.2) is 22.2 Å². The number of thioether (sulfide) groups is 1. The van der Waals surface area contributed by atoms with Gasteiger partial charge in [-0.05, 0) is 44.4 Å². The standard InChI is InChI=1S/C16H24ClNOS/c1-5-12(3)18(13(4)6-2)16(19)20-11-14-7-9-15(17)10-8-14/h7-10,12-13H,5-6,11H2,1-4H3. The summed E-state index contributed by atoms with van der Waals surface area (Å²) in [6, 6.07) is 8.25. The first kappa shape index (κ1) is 17.4. The average molecular weight is 314 g/mol. The summed E-state index contributed by atoms with van der Waals surface area (Å²) in [6.45, 7) is 8.48. The lowest BCUT2D eigenvalue weighted by Crippen LogP contribution is -2.42. The maximum Gasteiger partial charge on any atom is 0.282 e. The molecule has 0 spiro atoms. The topological polar surface area (TPSA) is 20.3 Å². The minimum atomic E-state index is 0.170. The van der Waals surface area contributed by atoms with Crippen LogP contribution in [0.25, 0.3) is 0 Å². The Labute approximate surface area is 131 Å². The Morgan fingerprint density at radius 3 is 2.10 bits per heavy atom. The summed E-state index contributed by atoms with van der Waals surface area (Å²) in [5, 5.41) is 0.898. The van der Waals surface area contributed by atoms with Crippen molar-refractivity contribution >= 4 is 28.6 Å². The van der Waals surface area contributed by atoms with E-state index in [4.69, 9.17) is 11.6 Å². The number of benzene rings is 1. The zero-order valence-corrected chi connectivity index (χ0v) is 14.3. The third kappa shape index (κ3) is 5.02. The van der Waals surface area contributed by atoms with Gasteiger partial charge >= 0.3 is 0 Å². The zero-order chi connectivity index (χ0) is 15.1. The molecule has 0 N–H and O–H groups in total. The molecule has 0 aliphatic carbocycles. The van der Waals surface area contributed by atoms with Crippen molar-refractivity contribution in [3.8, 4) is 0 Å². The first-order valence-corrected chi connectivity index (χ1v) is 8.55. The number of carbonyl (C=O) groups excluding carboxylic acids is 1. The van der Waals surface area contributed by atoms with Crippen LogP contribution in [-0.2, 0) is 5.75 Å². The summed E-state index contributed by atoms with van der Waals surface area (Å²) in [7, 11) is 0. The van der Waals surface area contributed by atoms with Gasteiger partial charge in [0.15, 0.2) is 0 Å². The molecule has 0 aliphatic rings. The lowest BCUT2D eigenvalue weighted by Gasteiger charge is -2.33. The van der Waals surface area contributed by atoms with Crippen LogP contribution in [0.2, 0.25) is 5.02 Å². The molecule has 0 saturated carbocycles. The lowest BCUT2D eigenvalue weighted by molar-refractivity contribution is 0.173. The van der Waals surface area contributed by atoms with Crippen LogP contribution in [0, 0.1) is 0 Å². The molecule has 1 aromatic rings. The molecule has 2 unspecified atom stereocenters. The number of amides is 1. The highest BCUT2D eigenvalue weighted by molar-refractivity contribution is 8.12. The molecule has 4 heteroatoms. The second-order valence-electron chi connectivity index (χ2n) is 5.10. The Morgan fingerprint density at radius 1 is 1.15 bits per heavy atom. The summed E-state index contributed by atoms with van der Waals surface area (Å²) < 4.78 is 0. The molecule has 0 bridgehead atoms. The van der Waals surface area contributed by atoms with E-state index in [2.05, 4.69) is 27.7 Å². The van der Waals surface area contributed by atoms with E-state index in [0.29, 0.717) is 5.75 Å². The third-order valence-electron chi connectivity index (χ3n) is 3.62. The molecular formula is C16H24ClNOS. The summed E-state index contributed by atoms with van der Waals surface area (Å²) in [5.41, 5.74) is 1.13. The minimum absolute atomic E-state index is 0.170. The summed E-state index contributed by atoms with van der Waals surface area (Å²) in [4.78, 5) is 14.5. The van der Waals surface area contributed by atoms with Crippen LogP contribution < -0.4 is 0 Å². The van der Waals surface area contributed by atoms with Crippen molar-refractivity contribution < 1.29 is 4.79 Å². The van der Waals surface area contributed by atoms with Gasteiger partial charge in [0.1, 0.15) is 0 Å². The Bertz CT molecular complexity index is 411. The van der Waals surface area contributed by atoms with Crippen molar-refractivity contribution in [1.29, 1.82) is 0 Å². The second kappa shape index (κ2) is 8.58. The number of hydrogen-bond donors (Lipinski definition) is 0. The molecule has 1 amide bonds. The molecule has 2 nitrogen and oxygen atoms in total. The average Bonchev–Trinajstić information content (AvgIpc) is 2.46. The van der Waals surface area contributed by atoms with Crippen molar-refractivity contribution in [3.63, 3.8) is 0 Å². The molecule has 0 saturated heterocycles. The lowest BCUT2D eigenvalue weighted by atomic mass is 10.1. The second-order valence-corrected chi connectivity index (χ2v) is 6.47. The van der Waals surface area contributed by atoms with E-state index >= 15 is 0 Å². The normalized spacial score (nSPS) is 13.8. The van der Waals surface area contributed by atoms with E-state index in [9.17, 15) is 4.79 Å². The van der Waals surface area contributed by atoms with Crippen molar-refractivity contribution in [2.45, 2.75) is 58.4 Å². The maximum absolute atomic E-state index is 12.4. The molecule has 20 heavy (non-hydrogen) atoms. The molecule has 0 aliphatic heterocycles. The van der Waals surface area contributed by atoms with Crippen LogP contribution in [0.5, 0.6) is 0 Å². The highest BCUT2D eigenvalue weighted by atomic mass is 35.5. The van der Waals surface area contributed by atoms with Gasteiger partial charge in [-0.15, -0.1) is 0 Å². The Morgan fingerprint density at radius 2 is 1.65 bits per heavy atom. The molecule has 0 aromatic heterocycles. The van der Waals surface area contributed by atoms with Gasteiger partial charge in [0.25, 0.3) is 5.24 Å². The monoisotopic (exact) mass is 313 g/mol. The fourth-order valence-electron chi connectivity index (χ4n) is 1.99. The van der Waals surface area contributed by atoms with Gasteiger partial charge in [-0.25, -0.2) is 0 Å². The van der Waals surface area contributed by atoms with E-state index in [1.807, 2.05) is 29.2 Å². The van der Waals surface area contributed by atoms with E-state index in [1.165, 1.54) is 11.8 Å². The van der Waals surface area contributed by atoms with Gasteiger partial charge < -0.3 is 4.90 Å². The molecule has 0 fully saturated rings. The van der Waals surface area contributed by atoms with Gasteiger partial charge in [-0.2, -0.15) is 0 Å². The molecule has 0 radical (unpaired) electrons. The largest absolute Gasteiger partial charge is 0.328 e. The smallest absolute Gasteiger partial charge is 0.282 e. The van der Waals surface area contributed by atoms with E-state index in [-0.39, 0.29) is 17.3 Å².